The van der Waals surface area contributed by atoms with Crippen LogP contribution in [0.4, 0.5) is 0 Å². The molecular weight excluding hydrogens is 212 g/mol. The van der Waals surface area contributed by atoms with Crippen LogP contribution in [-0.2, 0) is 15.6 Å². The van der Waals surface area contributed by atoms with Crippen LogP contribution in [0, 0.1) is 5.92 Å². The summed E-state index contributed by atoms with van der Waals surface area (Å²) in [5, 5.41) is 6.10. The monoisotopic (exact) mass is 232 g/mol. The van der Waals surface area contributed by atoms with Crippen LogP contribution in [0.15, 0.2) is 0 Å². The Balaban J connectivity index is 2.00. The lowest BCUT2D eigenvalue weighted by molar-refractivity contribution is -0.121. The molecule has 2 atom stereocenters. The Bertz CT molecular complexity index is 227. The average molecular weight is 232 g/mol. The van der Waals surface area contributed by atoms with Crippen LogP contribution in [0.25, 0.3) is 0 Å². The molecule has 0 spiro atoms. The fourth-order valence-electron chi connectivity index (χ4n) is 1.73. The van der Waals surface area contributed by atoms with Gasteiger partial charge in [-0.05, 0) is 31.8 Å². The third kappa shape index (κ3) is 5.89. The van der Waals surface area contributed by atoms with Crippen molar-refractivity contribution in [3.63, 3.8) is 0 Å². The number of nitrogens with one attached hydrogen (secondary N) is 2. The van der Waals surface area contributed by atoms with Crippen molar-refractivity contribution in [2.45, 2.75) is 19.3 Å². The lowest BCUT2D eigenvalue weighted by atomic mass is 10.0. The molecule has 0 bridgehead atoms. The molecule has 1 amide bonds. The summed E-state index contributed by atoms with van der Waals surface area (Å²) in [5.74, 6) is 1.31. The van der Waals surface area contributed by atoms with Gasteiger partial charge in [0.05, 0.1) is 0 Å². The maximum atomic E-state index is 11.4. The van der Waals surface area contributed by atoms with E-state index in [9.17, 15) is 9.00 Å². The summed E-state index contributed by atoms with van der Waals surface area (Å²) in [6.07, 6.45) is 4.22. The van der Waals surface area contributed by atoms with Crippen LogP contribution in [0.1, 0.15) is 19.3 Å². The molecule has 5 heteroatoms. The van der Waals surface area contributed by atoms with Crippen LogP contribution >= 0.6 is 0 Å². The predicted molar refractivity (Wildman–Crippen MR) is 62.2 cm³/mol. The first-order valence-corrected chi connectivity index (χ1v) is 7.18. The first-order valence-electron chi connectivity index (χ1n) is 5.46. The highest BCUT2D eigenvalue weighted by Crippen LogP contribution is 2.11. The van der Waals surface area contributed by atoms with Gasteiger partial charge in [0, 0.05) is 35.8 Å². The molecule has 1 fully saturated rings. The van der Waals surface area contributed by atoms with Gasteiger partial charge < -0.3 is 10.6 Å². The fraction of sp³-hybridized carbons (Fsp3) is 0.900. The third-order valence-electron chi connectivity index (χ3n) is 2.57. The highest BCUT2D eigenvalue weighted by molar-refractivity contribution is 7.84. The van der Waals surface area contributed by atoms with Gasteiger partial charge in [0.2, 0.25) is 5.91 Å². The molecule has 1 aliphatic rings. The summed E-state index contributed by atoms with van der Waals surface area (Å²) in [6, 6.07) is 0. The minimum Gasteiger partial charge on any atom is -0.356 e. The molecule has 15 heavy (non-hydrogen) atoms. The molecule has 1 rings (SSSR count). The molecule has 0 radical (unpaired) electrons. The van der Waals surface area contributed by atoms with Crippen molar-refractivity contribution in [3.05, 3.63) is 0 Å². The molecule has 88 valence electrons. The van der Waals surface area contributed by atoms with Crippen molar-refractivity contribution in [2.75, 3.05) is 31.6 Å². The van der Waals surface area contributed by atoms with Crippen molar-refractivity contribution >= 4 is 16.7 Å². The van der Waals surface area contributed by atoms with Crippen molar-refractivity contribution < 1.29 is 9.00 Å². The molecule has 0 aromatic heterocycles. The fourth-order valence-corrected chi connectivity index (χ4v) is 2.28. The average Bonchev–Trinajstić information content (AvgIpc) is 2.64. The molecule has 0 aliphatic carbocycles. The van der Waals surface area contributed by atoms with E-state index in [2.05, 4.69) is 10.6 Å². The molecule has 4 nitrogen and oxygen atoms in total. The zero-order valence-corrected chi connectivity index (χ0v) is 10.1. The van der Waals surface area contributed by atoms with Gasteiger partial charge in [-0.1, -0.05) is 0 Å². The van der Waals surface area contributed by atoms with Gasteiger partial charge in [-0.2, -0.15) is 0 Å². The van der Waals surface area contributed by atoms with E-state index in [0.717, 1.165) is 25.9 Å². The Morgan fingerprint density at radius 1 is 1.60 bits per heavy atom. The van der Waals surface area contributed by atoms with Gasteiger partial charge in [-0.25, -0.2) is 0 Å². The minimum absolute atomic E-state index is 0.130. The number of rotatable bonds is 6. The summed E-state index contributed by atoms with van der Waals surface area (Å²) >= 11 is 0. The van der Waals surface area contributed by atoms with Gasteiger partial charge in [-0.3, -0.25) is 9.00 Å². The zero-order chi connectivity index (χ0) is 11.1. The highest BCUT2D eigenvalue weighted by Gasteiger charge is 2.17. The molecule has 2 N–H and O–H groups in total. The quantitative estimate of drug-likeness (QED) is 0.627. The van der Waals surface area contributed by atoms with E-state index < -0.39 is 10.8 Å². The Morgan fingerprint density at radius 3 is 3.00 bits per heavy atom. The van der Waals surface area contributed by atoms with E-state index in [1.165, 1.54) is 0 Å². The lowest BCUT2D eigenvalue weighted by Crippen LogP contribution is -2.27. The molecule has 0 aromatic rings. The second-order valence-electron chi connectivity index (χ2n) is 4.04. The number of hydrogen-bond acceptors (Lipinski definition) is 3. The topological polar surface area (TPSA) is 58.2 Å². The van der Waals surface area contributed by atoms with Crippen molar-refractivity contribution in [2.24, 2.45) is 5.92 Å². The normalized spacial score (nSPS) is 22.6. The minimum atomic E-state index is -0.746. The van der Waals surface area contributed by atoms with Gasteiger partial charge >= 0.3 is 0 Å². The summed E-state index contributed by atoms with van der Waals surface area (Å²) in [5.41, 5.74) is 0. The number of carbonyl (C=O) groups is 1. The molecular formula is C10H20N2O2S. The summed E-state index contributed by atoms with van der Waals surface area (Å²) in [4.78, 5) is 11.4. The van der Waals surface area contributed by atoms with E-state index in [4.69, 9.17) is 0 Å². The van der Waals surface area contributed by atoms with Crippen LogP contribution < -0.4 is 10.6 Å². The largest absolute Gasteiger partial charge is 0.356 e. The molecule has 2 unspecified atom stereocenters. The van der Waals surface area contributed by atoms with Crippen LogP contribution in [-0.4, -0.2) is 41.8 Å². The van der Waals surface area contributed by atoms with E-state index in [1.54, 1.807) is 6.26 Å². The van der Waals surface area contributed by atoms with Gasteiger partial charge in [0.25, 0.3) is 0 Å². The van der Waals surface area contributed by atoms with E-state index >= 15 is 0 Å². The third-order valence-corrected chi connectivity index (χ3v) is 3.43. The van der Waals surface area contributed by atoms with Gasteiger partial charge in [-0.15, -0.1) is 0 Å². The first-order chi connectivity index (χ1) is 7.18. The number of amides is 1. The molecule has 1 aliphatic heterocycles. The Kier molecular flexibility index (Phi) is 5.86. The van der Waals surface area contributed by atoms with Crippen molar-refractivity contribution in [3.8, 4) is 0 Å². The van der Waals surface area contributed by atoms with Gasteiger partial charge in [0.1, 0.15) is 0 Å². The molecule has 1 saturated heterocycles. The lowest BCUT2D eigenvalue weighted by Gasteiger charge is -2.08. The molecule has 0 saturated carbocycles. The zero-order valence-electron chi connectivity index (χ0n) is 9.25. The van der Waals surface area contributed by atoms with Crippen LogP contribution in [0.5, 0.6) is 0 Å². The summed E-state index contributed by atoms with van der Waals surface area (Å²) in [6.45, 7) is 2.65. The van der Waals surface area contributed by atoms with Crippen molar-refractivity contribution in [1.82, 2.24) is 10.6 Å². The Hall–Kier alpha value is -0.420. The number of carbonyl (C=O) groups excluding carboxylic acids is 1. The smallest absolute Gasteiger partial charge is 0.220 e. The number of hydrogen-bond donors (Lipinski definition) is 2. The van der Waals surface area contributed by atoms with Gasteiger partial charge in [0.15, 0.2) is 0 Å². The van der Waals surface area contributed by atoms with Crippen LogP contribution in [0.2, 0.25) is 0 Å². The maximum absolute atomic E-state index is 11.4. The first kappa shape index (κ1) is 12.6. The Labute approximate surface area is 93.7 Å². The second-order valence-corrected chi connectivity index (χ2v) is 5.60. The molecule has 0 aromatic carbocycles. The maximum Gasteiger partial charge on any atom is 0.220 e. The predicted octanol–water partition coefficient (Wildman–Crippen LogP) is -0.129. The summed E-state index contributed by atoms with van der Waals surface area (Å²) in [7, 11) is -0.746. The SMILES string of the molecule is CS(=O)CCCNC(=O)CC1CCNC1. The van der Waals surface area contributed by atoms with Crippen LogP contribution in [0.3, 0.4) is 0 Å². The van der Waals surface area contributed by atoms with Crippen molar-refractivity contribution in [1.29, 1.82) is 0 Å². The highest BCUT2D eigenvalue weighted by atomic mass is 32.2. The Morgan fingerprint density at radius 2 is 2.40 bits per heavy atom. The van der Waals surface area contributed by atoms with E-state index in [-0.39, 0.29) is 5.91 Å². The molecule has 1 heterocycles. The summed E-state index contributed by atoms with van der Waals surface area (Å²) < 4.78 is 10.8. The van der Waals surface area contributed by atoms with E-state index in [0.29, 0.717) is 24.6 Å². The standard InChI is InChI=1S/C10H20N2O2S/c1-15(14)6-2-4-12-10(13)7-9-3-5-11-8-9/h9,11H,2-8H2,1H3,(H,12,13). The second kappa shape index (κ2) is 6.95. The van der Waals surface area contributed by atoms with E-state index in [1.807, 2.05) is 0 Å².